The summed E-state index contributed by atoms with van der Waals surface area (Å²) in [7, 11) is 0. The number of hydrogen-bond donors (Lipinski definition) is 2. The Bertz CT molecular complexity index is 996. The van der Waals surface area contributed by atoms with Crippen LogP contribution >= 0.6 is 11.8 Å². The van der Waals surface area contributed by atoms with E-state index in [4.69, 9.17) is 0 Å². The number of aliphatic hydroxyl groups excluding tert-OH is 1. The summed E-state index contributed by atoms with van der Waals surface area (Å²) in [5.41, 5.74) is -3.53. The largest absolute Gasteiger partial charge is 0.446 e. The molecule has 2 N–H and O–H groups in total. The molecule has 3 aromatic rings. The second kappa shape index (κ2) is 6.76. The number of thioether (sulfide) groups is 1. The SMILES string of the molecule is Cc1nc2c(c(CO)nn2[C@H](C)c2ccc(SC(F)(F)F)cc2)c(=O)[nH]1. The Hall–Kier alpha value is -2.33. The minimum Gasteiger partial charge on any atom is -0.390 e. The molecule has 0 aliphatic rings. The summed E-state index contributed by atoms with van der Waals surface area (Å²) in [6.45, 7) is 2.99. The molecule has 0 radical (unpaired) electrons. The highest BCUT2D eigenvalue weighted by atomic mass is 32.2. The van der Waals surface area contributed by atoms with Crippen molar-refractivity contribution in [1.29, 1.82) is 0 Å². The van der Waals surface area contributed by atoms with Gasteiger partial charge in [0.1, 0.15) is 16.9 Å². The monoisotopic (exact) mass is 384 g/mol. The van der Waals surface area contributed by atoms with E-state index < -0.39 is 23.7 Å². The number of halogens is 3. The zero-order valence-corrected chi connectivity index (χ0v) is 14.6. The number of aromatic amines is 1. The van der Waals surface area contributed by atoms with Crippen LogP contribution in [0.2, 0.25) is 0 Å². The Balaban J connectivity index is 2.02. The fourth-order valence-electron chi connectivity index (χ4n) is 2.69. The first kappa shape index (κ1) is 18.5. The number of H-pyrrole nitrogens is 1. The van der Waals surface area contributed by atoms with Crippen molar-refractivity contribution in [3.8, 4) is 0 Å². The van der Waals surface area contributed by atoms with Gasteiger partial charge in [-0.3, -0.25) is 4.79 Å². The second-order valence-corrected chi connectivity index (χ2v) is 6.83. The fourth-order valence-corrected chi connectivity index (χ4v) is 3.23. The lowest BCUT2D eigenvalue weighted by molar-refractivity contribution is -0.0328. The van der Waals surface area contributed by atoms with E-state index in [1.54, 1.807) is 26.0 Å². The highest BCUT2D eigenvalue weighted by molar-refractivity contribution is 8.00. The molecule has 0 unspecified atom stereocenters. The molecule has 0 fully saturated rings. The molecule has 0 saturated carbocycles. The van der Waals surface area contributed by atoms with Crippen molar-refractivity contribution in [2.24, 2.45) is 0 Å². The van der Waals surface area contributed by atoms with Crippen LogP contribution < -0.4 is 5.56 Å². The molecule has 2 aromatic heterocycles. The van der Waals surface area contributed by atoms with E-state index in [9.17, 15) is 23.1 Å². The summed E-state index contributed by atoms with van der Waals surface area (Å²) in [5.74, 6) is 0.400. The van der Waals surface area contributed by atoms with Crippen LogP contribution in [0, 0.1) is 6.92 Å². The number of fused-ring (bicyclic) bond motifs is 1. The predicted octanol–water partition coefficient (Wildman–Crippen LogP) is 3.14. The van der Waals surface area contributed by atoms with Crippen molar-refractivity contribution >= 4 is 22.8 Å². The first-order valence-electron chi connectivity index (χ1n) is 7.64. The number of alkyl halides is 3. The topological polar surface area (TPSA) is 83.8 Å². The van der Waals surface area contributed by atoms with E-state index in [1.165, 1.54) is 16.8 Å². The van der Waals surface area contributed by atoms with E-state index in [2.05, 4.69) is 15.1 Å². The van der Waals surface area contributed by atoms with Gasteiger partial charge in [0.15, 0.2) is 5.65 Å². The molecule has 0 spiro atoms. The van der Waals surface area contributed by atoms with Crippen LogP contribution in [0.25, 0.3) is 11.0 Å². The van der Waals surface area contributed by atoms with Crippen LogP contribution in [0.4, 0.5) is 13.2 Å². The Kier molecular flexibility index (Phi) is 4.80. The van der Waals surface area contributed by atoms with E-state index in [-0.39, 0.29) is 27.7 Å². The Morgan fingerprint density at radius 2 is 1.96 bits per heavy atom. The van der Waals surface area contributed by atoms with E-state index in [0.717, 1.165) is 0 Å². The molecule has 26 heavy (non-hydrogen) atoms. The van der Waals surface area contributed by atoms with Gasteiger partial charge in [-0.2, -0.15) is 18.3 Å². The third kappa shape index (κ3) is 3.61. The molecule has 138 valence electrons. The number of rotatable bonds is 4. The number of aliphatic hydroxyl groups is 1. The van der Waals surface area contributed by atoms with Crippen molar-refractivity contribution < 1.29 is 18.3 Å². The van der Waals surface area contributed by atoms with E-state index in [1.807, 2.05) is 0 Å². The standard InChI is InChI=1S/C16H15F3N4O2S/c1-8(10-3-5-11(6-4-10)26-16(17,18)19)23-14-13(12(7-24)22-23)15(25)21-9(2)20-14/h3-6,8,24H,7H2,1-2H3,(H,20,21,25)/t8-/m1/s1. The van der Waals surface area contributed by atoms with Crippen LogP contribution in [0.5, 0.6) is 0 Å². The van der Waals surface area contributed by atoms with Crippen molar-refractivity contribution in [3.63, 3.8) is 0 Å². The fraction of sp³-hybridized carbons (Fsp3) is 0.312. The van der Waals surface area contributed by atoms with Gasteiger partial charge in [0.05, 0.1) is 12.6 Å². The number of benzene rings is 1. The number of nitrogens with zero attached hydrogens (tertiary/aromatic N) is 3. The molecule has 6 nitrogen and oxygen atoms in total. The molecule has 3 rings (SSSR count). The molecular weight excluding hydrogens is 369 g/mol. The van der Waals surface area contributed by atoms with E-state index >= 15 is 0 Å². The van der Waals surface area contributed by atoms with Crippen LogP contribution in [0.15, 0.2) is 34.0 Å². The maximum absolute atomic E-state index is 12.4. The molecule has 1 atom stereocenters. The van der Waals surface area contributed by atoms with Crippen LogP contribution in [-0.4, -0.2) is 30.4 Å². The molecule has 0 amide bonds. The maximum atomic E-state index is 12.4. The quantitative estimate of drug-likeness (QED) is 0.675. The average Bonchev–Trinajstić information content (AvgIpc) is 2.92. The van der Waals surface area contributed by atoms with Gasteiger partial charge in [0.25, 0.3) is 5.56 Å². The van der Waals surface area contributed by atoms with Gasteiger partial charge in [-0.1, -0.05) is 12.1 Å². The maximum Gasteiger partial charge on any atom is 0.446 e. The normalized spacial score (nSPS) is 13.3. The van der Waals surface area contributed by atoms with Gasteiger partial charge in [-0.15, -0.1) is 0 Å². The van der Waals surface area contributed by atoms with Gasteiger partial charge in [0, 0.05) is 4.90 Å². The summed E-state index contributed by atoms with van der Waals surface area (Å²) in [6, 6.07) is 5.52. The predicted molar refractivity (Wildman–Crippen MR) is 91.0 cm³/mol. The molecule has 0 saturated heterocycles. The molecular formula is C16H15F3N4O2S. The van der Waals surface area contributed by atoms with Gasteiger partial charge < -0.3 is 10.1 Å². The van der Waals surface area contributed by atoms with Crippen molar-refractivity contribution in [2.75, 3.05) is 0 Å². The van der Waals surface area contributed by atoms with Crippen LogP contribution in [0.3, 0.4) is 0 Å². The van der Waals surface area contributed by atoms with Gasteiger partial charge in [-0.05, 0) is 43.3 Å². The van der Waals surface area contributed by atoms with Crippen LogP contribution in [-0.2, 0) is 6.61 Å². The van der Waals surface area contributed by atoms with Crippen molar-refractivity contribution in [3.05, 3.63) is 51.7 Å². The Labute approximate surface area is 150 Å². The minimum atomic E-state index is -4.34. The second-order valence-electron chi connectivity index (χ2n) is 5.69. The van der Waals surface area contributed by atoms with Gasteiger partial charge >= 0.3 is 5.51 Å². The highest BCUT2D eigenvalue weighted by Crippen LogP contribution is 2.37. The van der Waals surface area contributed by atoms with E-state index in [0.29, 0.717) is 17.0 Å². The average molecular weight is 384 g/mol. The Morgan fingerprint density at radius 3 is 2.54 bits per heavy atom. The van der Waals surface area contributed by atoms with Crippen molar-refractivity contribution in [2.45, 2.75) is 36.9 Å². The Morgan fingerprint density at radius 1 is 1.31 bits per heavy atom. The summed E-state index contributed by atoms with van der Waals surface area (Å²) >= 11 is -0.182. The summed E-state index contributed by atoms with van der Waals surface area (Å²) < 4.78 is 38.8. The number of aromatic nitrogens is 4. The lowest BCUT2D eigenvalue weighted by Gasteiger charge is -2.14. The molecule has 0 aliphatic carbocycles. The number of hydrogen-bond acceptors (Lipinski definition) is 5. The molecule has 2 heterocycles. The third-order valence-electron chi connectivity index (χ3n) is 3.87. The molecule has 0 bridgehead atoms. The highest BCUT2D eigenvalue weighted by Gasteiger charge is 2.29. The minimum absolute atomic E-state index is 0.0836. The molecule has 0 aliphatic heterocycles. The summed E-state index contributed by atoms with van der Waals surface area (Å²) in [5, 5.41) is 13.9. The lowest BCUT2D eigenvalue weighted by Crippen LogP contribution is -2.13. The molecule has 1 aromatic carbocycles. The van der Waals surface area contributed by atoms with Gasteiger partial charge in [0.2, 0.25) is 0 Å². The van der Waals surface area contributed by atoms with Crippen LogP contribution in [0.1, 0.15) is 30.0 Å². The first-order chi connectivity index (χ1) is 12.2. The molecule has 10 heteroatoms. The zero-order chi connectivity index (χ0) is 19.1. The summed E-state index contributed by atoms with van der Waals surface area (Å²) in [4.78, 5) is 19.1. The lowest BCUT2D eigenvalue weighted by atomic mass is 10.1. The first-order valence-corrected chi connectivity index (χ1v) is 8.46. The summed E-state index contributed by atoms with van der Waals surface area (Å²) in [6.07, 6.45) is 0. The van der Waals surface area contributed by atoms with Crippen molar-refractivity contribution in [1.82, 2.24) is 19.7 Å². The third-order valence-corrected chi connectivity index (χ3v) is 4.60. The smallest absolute Gasteiger partial charge is 0.390 e. The number of aryl methyl sites for hydroxylation is 1. The number of nitrogens with one attached hydrogen (secondary N) is 1. The zero-order valence-electron chi connectivity index (χ0n) is 13.8. The van der Waals surface area contributed by atoms with Gasteiger partial charge in [-0.25, -0.2) is 9.67 Å².